The lowest BCUT2D eigenvalue weighted by Gasteiger charge is -2.19. The van der Waals surface area contributed by atoms with Gasteiger partial charge in [0.2, 0.25) is 0 Å². The predicted octanol–water partition coefficient (Wildman–Crippen LogP) is 1.38. The zero-order chi connectivity index (χ0) is 12.6. The molecular weight excluding hydrogens is 230 g/mol. The molecule has 92 valence electrons. The topological polar surface area (TPSA) is 66.8 Å². The molecule has 0 aromatic rings. The molecule has 0 spiro atoms. The predicted molar refractivity (Wildman–Crippen MR) is 63.2 cm³/mol. The van der Waals surface area contributed by atoms with E-state index in [1.807, 2.05) is 6.08 Å². The lowest BCUT2D eigenvalue weighted by molar-refractivity contribution is 0.324. The van der Waals surface area contributed by atoms with Gasteiger partial charge in [-0.3, -0.25) is 8.74 Å². The van der Waals surface area contributed by atoms with Gasteiger partial charge in [0.05, 0.1) is 7.11 Å². The standard InChI is InChI=1S/C9H13N.CH4O4S/c1-3-9-5-7-10(4-2)8-6-9;1-5-6(2,3)4/h3,5-7H,1,4,8H2,2H3;1H3,(H,2,3,4). The van der Waals surface area contributed by atoms with Crippen molar-refractivity contribution in [1.82, 2.24) is 4.90 Å². The molecule has 0 radical (unpaired) electrons. The number of allylic oxidation sites excluding steroid dienone is 3. The van der Waals surface area contributed by atoms with E-state index < -0.39 is 10.4 Å². The number of rotatable bonds is 3. The molecule has 6 heteroatoms. The van der Waals surface area contributed by atoms with Gasteiger partial charge in [0.15, 0.2) is 0 Å². The lowest BCUT2D eigenvalue weighted by Crippen LogP contribution is -2.18. The van der Waals surface area contributed by atoms with Gasteiger partial charge < -0.3 is 4.90 Å². The summed E-state index contributed by atoms with van der Waals surface area (Å²) in [6, 6.07) is 0. The van der Waals surface area contributed by atoms with Gasteiger partial charge in [-0.05, 0) is 24.8 Å². The second kappa shape index (κ2) is 7.21. The van der Waals surface area contributed by atoms with Crippen molar-refractivity contribution in [2.75, 3.05) is 20.2 Å². The maximum Gasteiger partial charge on any atom is 0.397 e. The van der Waals surface area contributed by atoms with E-state index >= 15 is 0 Å². The zero-order valence-corrected chi connectivity index (χ0v) is 10.3. The van der Waals surface area contributed by atoms with Crippen molar-refractivity contribution in [2.24, 2.45) is 0 Å². The Balaban J connectivity index is 0.000000325. The molecule has 0 aliphatic carbocycles. The third-order valence-electron chi connectivity index (χ3n) is 1.89. The van der Waals surface area contributed by atoms with Crippen molar-refractivity contribution in [1.29, 1.82) is 0 Å². The summed E-state index contributed by atoms with van der Waals surface area (Å²) in [5.74, 6) is 0. The summed E-state index contributed by atoms with van der Waals surface area (Å²) in [6.07, 6.45) is 8.25. The van der Waals surface area contributed by atoms with E-state index in [0.29, 0.717) is 0 Å². The van der Waals surface area contributed by atoms with E-state index in [1.165, 1.54) is 5.57 Å². The van der Waals surface area contributed by atoms with Crippen LogP contribution >= 0.6 is 0 Å². The molecule has 0 unspecified atom stereocenters. The second-order valence-corrected chi connectivity index (χ2v) is 4.09. The highest BCUT2D eigenvalue weighted by molar-refractivity contribution is 7.80. The van der Waals surface area contributed by atoms with E-state index in [9.17, 15) is 8.42 Å². The van der Waals surface area contributed by atoms with E-state index in [0.717, 1.165) is 20.2 Å². The summed E-state index contributed by atoms with van der Waals surface area (Å²) in [7, 11) is -3.29. The minimum absolute atomic E-state index is 0.870. The highest BCUT2D eigenvalue weighted by Crippen LogP contribution is 2.06. The molecular formula is C10H17NO4S. The number of hydrogen-bond donors (Lipinski definition) is 1. The van der Waals surface area contributed by atoms with E-state index in [4.69, 9.17) is 4.55 Å². The normalized spacial score (nSPS) is 14.9. The fourth-order valence-electron chi connectivity index (χ4n) is 0.929. The van der Waals surface area contributed by atoms with Crippen molar-refractivity contribution in [2.45, 2.75) is 6.92 Å². The van der Waals surface area contributed by atoms with Crippen molar-refractivity contribution in [3.8, 4) is 0 Å². The average Bonchev–Trinajstić information content (AvgIpc) is 2.29. The maximum absolute atomic E-state index is 9.33. The fourth-order valence-corrected chi connectivity index (χ4v) is 0.929. The van der Waals surface area contributed by atoms with Crippen LogP contribution in [0.1, 0.15) is 6.92 Å². The molecule has 1 rings (SSSR count). The number of likely N-dealkylation sites (N-methyl/N-ethyl adjacent to an activating group) is 1. The molecule has 1 aliphatic heterocycles. The first-order valence-electron chi connectivity index (χ1n) is 4.70. The molecule has 0 saturated carbocycles. The molecule has 0 saturated heterocycles. The van der Waals surface area contributed by atoms with Gasteiger partial charge in [-0.25, -0.2) is 0 Å². The molecule has 0 aromatic carbocycles. The van der Waals surface area contributed by atoms with Crippen LogP contribution in [0.25, 0.3) is 0 Å². The quantitative estimate of drug-likeness (QED) is 0.763. The Kier molecular flexibility index (Phi) is 6.71. The van der Waals surface area contributed by atoms with E-state index in [1.54, 1.807) is 0 Å². The van der Waals surface area contributed by atoms with Crippen molar-refractivity contribution in [3.63, 3.8) is 0 Å². The van der Waals surface area contributed by atoms with Gasteiger partial charge in [-0.15, -0.1) is 0 Å². The fraction of sp³-hybridized carbons (Fsp3) is 0.400. The molecule has 1 aliphatic rings. The maximum atomic E-state index is 9.33. The summed E-state index contributed by atoms with van der Waals surface area (Å²) in [6.45, 7) is 7.95. The van der Waals surface area contributed by atoms with Crippen LogP contribution in [0.2, 0.25) is 0 Å². The first kappa shape index (κ1) is 14.9. The molecule has 0 amide bonds. The average molecular weight is 247 g/mol. The monoisotopic (exact) mass is 247 g/mol. The summed E-state index contributed by atoms with van der Waals surface area (Å²) in [5.41, 5.74) is 1.23. The molecule has 0 aromatic heterocycles. The third kappa shape index (κ3) is 7.22. The molecule has 16 heavy (non-hydrogen) atoms. The van der Waals surface area contributed by atoms with Crippen LogP contribution < -0.4 is 0 Å². The first-order chi connectivity index (χ1) is 7.42. The smallest absolute Gasteiger partial charge is 0.374 e. The summed E-state index contributed by atoms with van der Waals surface area (Å²) in [5, 5.41) is 0. The molecule has 1 N–H and O–H groups in total. The molecule has 1 heterocycles. The molecule has 0 bridgehead atoms. The number of hydrogen-bond acceptors (Lipinski definition) is 4. The third-order valence-corrected chi connectivity index (χ3v) is 2.31. The van der Waals surface area contributed by atoms with Gasteiger partial charge in [0.25, 0.3) is 0 Å². The Morgan fingerprint density at radius 2 is 2.25 bits per heavy atom. The van der Waals surface area contributed by atoms with Crippen molar-refractivity contribution >= 4 is 10.4 Å². The SMILES string of the molecule is C=CC1=CCN(CC)C=C1.COS(=O)(=O)O. The molecule has 5 nitrogen and oxygen atoms in total. The van der Waals surface area contributed by atoms with Crippen LogP contribution in [0.4, 0.5) is 0 Å². The van der Waals surface area contributed by atoms with Crippen LogP contribution in [0.15, 0.2) is 36.6 Å². The lowest BCUT2D eigenvalue weighted by atomic mass is 10.2. The zero-order valence-electron chi connectivity index (χ0n) is 9.46. The highest BCUT2D eigenvalue weighted by Gasteiger charge is 1.97. The number of nitrogens with zero attached hydrogens (tertiary/aromatic N) is 1. The van der Waals surface area contributed by atoms with E-state index in [-0.39, 0.29) is 0 Å². The van der Waals surface area contributed by atoms with Gasteiger partial charge in [-0.2, -0.15) is 8.42 Å². The van der Waals surface area contributed by atoms with Gasteiger partial charge in [0.1, 0.15) is 0 Å². The first-order valence-corrected chi connectivity index (χ1v) is 6.07. The van der Waals surface area contributed by atoms with Crippen LogP contribution in [-0.4, -0.2) is 38.1 Å². The van der Waals surface area contributed by atoms with Crippen LogP contribution in [0, 0.1) is 0 Å². The summed E-state index contributed by atoms with van der Waals surface area (Å²) < 4.78 is 29.7. The highest BCUT2D eigenvalue weighted by atomic mass is 32.3. The Morgan fingerprint density at radius 3 is 2.50 bits per heavy atom. The molecule has 0 atom stereocenters. The van der Waals surface area contributed by atoms with Crippen LogP contribution in [-0.2, 0) is 14.6 Å². The Labute approximate surface area is 96.7 Å². The Morgan fingerprint density at radius 1 is 1.69 bits per heavy atom. The largest absolute Gasteiger partial charge is 0.397 e. The molecule has 0 fully saturated rings. The Bertz CT molecular complexity index is 370. The van der Waals surface area contributed by atoms with Crippen molar-refractivity contribution in [3.05, 3.63) is 36.6 Å². The minimum atomic E-state index is -4.16. The Hall–Kier alpha value is -1.11. The summed E-state index contributed by atoms with van der Waals surface area (Å²) in [4.78, 5) is 2.24. The second-order valence-electron chi connectivity index (χ2n) is 2.91. The van der Waals surface area contributed by atoms with Gasteiger partial charge >= 0.3 is 10.4 Å². The minimum Gasteiger partial charge on any atom is -0.374 e. The van der Waals surface area contributed by atoms with E-state index in [2.05, 4.69) is 40.9 Å². The van der Waals surface area contributed by atoms with Crippen molar-refractivity contribution < 1.29 is 17.2 Å². The summed E-state index contributed by atoms with van der Waals surface area (Å²) >= 11 is 0. The van der Waals surface area contributed by atoms with Crippen LogP contribution in [0.3, 0.4) is 0 Å². The van der Waals surface area contributed by atoms with Gasteiger partial charge in [-0.1, -0.05) is 18.7 Å². The van der Waals surface area contributed by atoms with Crippen LogP contribution in [0.5, 0.6) is 0 Å². The van der Waals surface area contributed by atoms with Gasteiger partial charge in [0, 0.05) is 13.1 Å².